The van der Waals surface area contributed by atoms with Crippen molar-refractivity contribution in [1.29, 1.82) is 0 Å². The van der Waals surface area contributed by atoms with Crippen molar-refractivity contribution >= 4 is 44.9 Å². The van der Waals surface area contributed by atoms with E-state index in [0.717, 1.165) is 42.2 Å². The molecule has 1 fully saturated rings. The van der Waals surface area contributed by atoms with Crippen LogP contribution in [0.3, 0.4) is 0 Å². The highest BCUT2D eigenvalue weighted by Crippen LogP contribution is 2.35. The average molecular weight is 451 g/mol. The first kappa shape index (κ1) is 21.1. The monoisotopic (exact) mass is 451 g/mol. The molecule has 2 heterocycles. The van der Waals surface area contributed by atoms with E-state index < -0.39 is 11.7 Å². The van der Waals surface area contributed by atoms with E-state index in [1.165, 1.54) is 13.0 Å². The number of aromatic nitrogens is 3. The molecule has 2 N–H and O–H groups in total. The summed E-state index contributed by atoms with van der Waals surface area (Å²) in [5.74, 6) is 1.38. The number of amides is 1. The highest BCUT2D eigenvalue weighted by molar-refractivity contribution is 6.09. The summed E-state index contributed by atoms with van der Waals surface area (Å²) in [6.45, 7) is 1.41. The zero-order valence-electron chi connectivity index (χ0n) is 17.7. The van der Waals surface area contributed by atoms with Crippen molar-refractivity contribution in [2.45, 2.75) is 32.4 Å². The van der Waals surface area contributed by atoms with E-state index in [2.05, 4.69) is 20.6 Å². The maximum atomic E-state index is 13.2. The van der Waals surface area contributed by atoms with Crippen LogP contribution < -0.4 is 10.6 Å². The van der Waals surface area contributed by atoms with E-state index in [9.17, 15) is 18.0 Å². The summed E-state index contributed by atoms with van der Waals surface area (Å²) >= 11 is 0. The van der Waals surface area contributed by atoms with Gasteiger partial charge in [-0.1, -0.05) is 12.1 Å². The molecule has 2 aromatic carbocycles. The molecular weight excluding hydrogens is 431 g/mol. The molecule has 0 aliphatic heterocycles. The molecule has 1 saturated carbocycles. The van der Waals surface area contributed by atoms with Gasteiger partial charge in [0.15, 0.2) is 5.82 Å². The second kappa shape index (κ2) is 7.99. The first-order valence-electron chi connectivity index (χ1n) is 10.6. The molecule has 33 heavy (non-hydrogen) atoms. The number of carbonyl (C=O) groups excluding carboxylic acids is 1. The van der Waals surface area contributed by atoms with Gasteiger partial charge in [0.05, 0.1) is 11.1 Å². The molecule has 0 atom stereocenters. The fourth-order valence-corrected chi connectivity index (χ4v) is 3.78. The Morgan fingerprint density at radius 1 is 1.06 bits per heavy atom. The summed E-state index contributed by atoms with van der Waals surface area (Å²) in [6.07, 6.45) is 0.346. The van der Waals surface area contributed by atoms with Gasteiger partial charge in [-0.15, -0.1) is 0 Å². The van der Waals surface area contributed by atoms with Gasteiger partial charge in [0.25, 0.3) is 0 Å². The van der Waals surface area contributed by atoms with Gasteiger partial charge in [0.1, 0.15) is 11.3 Å². The molecule has 0 saturated heterocycles. The van der Waals surface area contributed by atoms with Crippen LogP contribution in [0.1, 0.15) is 31.2 Å². The minimum absolute atomic E-state index is 0.217. The van der Waals surface area contributed by atoms with Crippen molar-refractivity contribution < 1.29 is 18.0 Å². The van der Waals surface area contributed by atoms with Crippen LogP contribution >= 0.6 is 0 Å². The Morgan fingerprint density at radius 3 is 2.61 bits per heavy atom. The maximum Gasteiger partial charge on any atom is 0.416 e. The van der Waals surface area contributed by atoms with Crippen LogP contribution in [0, 0.1) is 5.92 Å². The highest BCUT2D eigenvalue weighted by atomic mass is 19.4. The molecule has 1 amide bonds. The molecule has 0 bridgehead atoms. The van der Waals surface area contributed by atoms with Crippen molar-refractivity contribution in [3.05, 3.63) is 60.0 Å². The molecule has 0 spiro atoms. The van der Waals surface area contributed by atoms with E-state index in [4.69, 9.17) is 4.98 Å². The maximum absolute atomic E-state index is 13.2. The number of hydrogen-bond donors (Lipinski definition) is 2. The average Bonchev–Trinajstić information content (AvgIpc) is 3.57. The van der Waals surface area contributed by atoms with Crippen molar-refractivity contribution in [3.8, 4) is 0 Å². The Balaban J connectivity index is 1.65. The van der Waals surface area contributed by atoms with Gasteiger partial charge < -0.3 is 10.6 Å². The van der Waals surface area contributed by atoms with E-state index in [1.54, 1.807) is 24.4 Å². The number of nitrogens with zero attached hydrogens (tertiary/aromatic N) is 3. The number of alkyl halides is 3. The fourth-order valence-electron chi connectivity index (χ4n) is 3.78. The Hall–Kier alpha value is -3.75. The second-order valence-corrected chi connectivity index (χ2v) is 8.27. The number of fused-ring (bicyclic) bond motifs is 3. The number of rotatable bonds is 5. The van der Waals surface area contributed by atoms with Crippen LogP contribution in [0.5, 0.6) is 0 Å². The van der Waals surface area contributed by atoms with Gasteiger partial charge >= 0.3 is 6.18 Å². The molecule has 9 heteroatoms. The largest absolute Gasteiger partial charge is 0.416 e. The van der Waals surface area contributed by atoms with Gasteiger partial charge in [-0.25, -0.2) is 15.0 Å². The molecule has 1 aliphatic rings. The summed E-state index contributed by atoms with van der Waals surface area (Å²) in [6, 6.07) is 10.3. The van der Waals surface area contributed by atoms with Gasteiger partial charge in [-0.2, -0.15) is 13.2 Å². The van der Waals surface area contributed by atoms with Crippen LogP contribution in [0.4, 0.5) is 30.4 Å². The van der Waals surface area contributed by atoms with Crippen molar-refractivity contribution in [2.75, 3.05) is 10.6 Å². The molecule has 6 nitrogen and oxygen atoms in total. The summed E-state index contributed by atoms with van der Waals surface area (Å²) < 4.78 is 39.6. The molecule has 5 rings (SSSR count). The Kier molecular flexibility index (Phi) is 5.11. The molecule has 0 radical (unpaired) electrons. The van der Waals surface area contributed by atoms with Gasteiger partial charge in [0.2, 0.25) is 5.91 Å². The predicted octanol–water partition coefficient (Wildman–Crippen LogP) is 5.85. The normalized spacial score (nSPS) is 13.9. The third kappa shape index (κ3) is 4.57. The van der Waals surface area contributed by atoms with Crippen molar-refractivity contribution in [3.63, 3.8) is 0 Å². The number of nitrogens with one attached hydrogen (secondary N) is 2. The van der Waals surface area contributed by atoms with Gasteiger partial charge in [-0.05, 0) is 49.1 Å². The quantitative estimate of drug-likeness (QED) is 0.372. The zero-order valence-corrected chi connectivity index (χ0v) is 17.7. The summed E-state index contributed by atoms with van der Waals surface area (Å²) in [7, 11) is 0. The lowest BCUT2D eigenvalue weighted by Crippen LogP contribution is -2.07. The van der Waals surface area contributed by atoms with E-state index in [-0.39, 0.29) is 11.6 Å². The zero-order chi connectivity index (χ0) is 23.2. The highest BCUT2D eigenvalue weighted by Gasteiger charge is 2.30. The second-order valence-electron chi connectivity index (χ2n) is 8.27. The summed E-state index contributed by atoms with van der Waals surface area (Å²) in [4.78, 5) is 25.4. The number of carbonyl (C=O) groups is 1. The molecule has 1 aliphatic carbocycles. The van der Waals surface area contributed by atoms with Crippen LogP contribution in [-0.4, -0.2) is 20.9 Å². The summed E-state index contributed by atoms with van der Waals surface area (Å²) in [5, 5.41) is 7.25. The molecule has 2 aromatic heterocycles. The van der Waals surface area contributed by atoms with Gasteiger partial charge in [-0.3, -0.25) is 4.79 Å². The smallest absolute Gasteiger partial charge is 0.338 e. The molecule has 168 valence electrons. The SMILES string of the molecule is CC(=O)Nc1ccc2c(c1)nc(Nc1cccc(C(F)(F)F)c1)c1nc(CC3CC3)ncc12. The summed E-state index contributed by atoms with van der Waals surface area (Å²) in [5.41, 5.74) is 1.16. The number of pyridine rings is 1. The minimum atomic E-state index is -4.45. The van der Waals surface area contributed by atoms with E-state index in [0.29, 0.717) is 34.3 Å². The lowest BCUT2D eigenvalue weighted by molar-refractivity contribution is -0.137. The lowest BCUT2D eigenvalue weighted by atomic mass is 10.1. The van der Waals surface area contributed by atoms with Crippen LogP contribution in [0.2, 0.25) is 0 Å². The standard InChI is InChI=1S/C24H20F3N5O/c1-13(33)29-17-7-8-18-19-12-28-21(9-14-5-6-14)32-22(19)23(31-20(18)11-17)30-16-4-2-3-15(10-16)24(25,26)27/h2-4,7-8,10-12,14H,5-6,9H2,1H3,(H,29,33)(H,30,31). The lowest BCUT2D eigenvalue weighted by Gasteiger charge is -2.14. The van der Waals surface area contributed by atoms with Crippen LogP contribution in [-0.2, 0) is 17.4 Å². The van der Waals surface area contributed by atoms with Crippen molar-refractivity contribution in [2.24, 2.45) is 5.92 Å². The van der Waals surface area contributed by atoms with E-state index >= 15 is 0 Å². The van der Waals surface area contributed by atoms with Crippen molar-refractivity contribution in [1.82, 2.24) is 15.0 Å². The van der Waals surface area contributed by atoms with Gasteiger partial charge in [0, 0.05) is 41.7 Å². The number of benzene rings is 2. The molecule has 4 aromatic rings. The number of anilines is 3. The number of hydrogen-bond acceptors (Lipinski definition) is 5. The first-order valence-corrected chi connectivity index (χ1v) is 10.6. The first-order chi connectivity index (χ1) is 15.8. The topological polar surface area (TPSA) is 79.8 Å². The Labute approximate surface area is 187 Å². The third-order valence-corrected chi connectivity index (χ3v) is 5.52. The van der Waals surface area contributed by atoms with Crippen LogP contribution in [0.15, 0.2) is 48.7 Å². The van der Waals surface area contributed by atoms with E-state index in [1.807, 2.05) is 6.07 Å². The third-order valence-electron chi connectivity index (χ3n) is 5.52. The molecule has 0 unspecified atom stereocenters. The minimum Gasteiger partial charge on any atom is -0.338 e. The molecular formula is C24H20F3N5O. The van der Waals surface area contributed by atoms with Crippen LogP contribution in [0.25, 0.3) is 21.8 Å². The number of halogens is 3. The predicted molar refractivity (Wildman–Crippen MR) is 120 cm³/mol. The fraction of sp³-hybridized carbons (Fsp3) is 0.250. The Morgan fingerprint density at radius 2 is 1.88 bits per heavy atom. The Bertz CT molecular complexity index is 1380.